The Morgan fingerprint density at radius 2 is 1.88 bits per heavy atom. The molecule has 1 fully saturated rings. The molecule has 1 aliphatic rings. The Labute approximate surface area is 142 Å². The molecule has 6 nitrogen and oxygen atoms in total. The molecule has 7 heteroatoms. The summed E-state index contributed by atoms with van der Waals surface area (Å²) in [5.41, 5.74) is 0.378. The predicted octanol–water partition coefficient (Wildman–Crippen LogP) is 2.24. The summed E-state index contributed by atoms with van der Waals surface area (Å²) in [7, 11) is -3.30. The molecule has 0 aliphatic heterocycles. The van der Waals surface area contributed by atoms with E-state index in [1.54, 1.807) is 0 Å². The second kappa shape index (κ2) is 7.79. The molecule has 0 bridgehead atoms. The van der Waals surface area contributed by atoms with Crippen molar-refractivity contribution in [2.45, 2.75) is 50.0 Å². The minimum absolute atomic E-state index is 0.105. The summed E-state index contributed by atoms with van der Waals surface area (Å²) in [6, 6.07) is 5.75. The topological polar surface area (TPSA) is 101 Å². The number of benzene rings is 1. The van der Waals surface area contributed by atoms with E-state index in [2.05, 4.69) is 5.32 Å². The Morgan fingerprint density at radius 1 is 1.21 bits per heavy atom. The molecule has 0 radical (unpaired) electrons. The van der Waals surface area contributed by atoms with Crippen LogP contribution in [0.1, 0.15) is 49.4 Å². The van der Waals surface area contributed by atoms with Gasteiger partial charge in [0, 0.05) is 11.6 Å². The van der Waals surface area contributed by atoms with Crippen molar-refractivity contribution in [2.24, 2.45) is 5.92 Å². The molecule has 132 valence electrons. The van der Waals surface area contributed by atoms with E-state index in [0.29, 0.717) is 31.2 Å². The van der Waals surface area contributed by atoms with Gasteiger partial charge in [0.15, 0.2) is 9.84 Å². The lowest BCUT2D eigenvalue weighted by Gasteiger charge is -2.12. The molecule has 0 spiro atoms. The quantitative estimate of drug-likeness (QED) is 0.783. The Balaban J connectivity index is 1.98. The average molecular weight is 353 g/mol. The third-order valence-corrected chi connectivity index (χ3v) is 6.18. The number of carbonyl (C=O) groups excluding carboxylic acids is 1. The number of aliphatic carboxylic acids is 1. The Morgan fingerprint density at radius 3 is 2.42 bits per heavy atom. The third kappa shape index (κ3) is 4.56. The van der Waals surface area contributed by atoms with Gasteiger partial charge in [0.05, 0.1) is 16.6 Å². The monoisotopic (exact) mass is 353 g/mol. The minimum Gasteiger partial charge on any atom is -0.481 e. The highest BCUT2D eigenvalue weighted by Crippen LogP contribution is 2.26. The van der Waals surface area contributed by atoms with E-state index >= 15 is 0 Å². The number of unbranched alkanes of at least 4 members (excludes halogenated alkanes) is 1. The molecular weight excluding hydrogens is 330 g/mol. The van der Waals surface area contributed by atoms with Crippen molar-refractivity contribution in [1.82, 2.24) is 5.32 Å². The SMILES string of the molecule is CCCCS(=O)(=O)c1ccc(C(=O)N[C@@H]2CC[C@H](C(=O)O)C2)cc1. The zero-order valence-corrected chi connectivity index (χ0v) is 14.5. The number of carboxylic acid groups (broad SMARTS) is 1. The summed E-state index contributed by atoms with van der Waals surface area (Å²) in [6.07, 6.45) is 3.06. The standard InChI is InChI=1S/C17H23NO5S/c1-2-3-10-24(22,23)15-8-5-12(6-9-15)16(19)18-14-7-4-13(11-14)17(20)21/h5-6,8-9,13-14H,2-4,7,10-11H2,1H3,(H,18,19)(H,20,21)/t13-,14+/m0/s1. The molecule has 0 unspecified atom stereocenters. The Kier molecular flexibility index (Phi) is 5.99. The van der Waals surface area contributed by atoms with Crippen molar-refractivity contribution in [2.75, 3.05) is 5.75 Å². The van der Waals surface area contributed by atoms with Crippen LogP contribution in [-0.4, -0.2) is 37.2 Å². The van der Waals surface area contributed by atoms with E-state index in [1.165, 1.54) is 24.3 Å². The van der Waals surface area contributed by atoms with E-state index < -0.39 is 21.7 Å². The molecule has 24 heavy (non-hydrogen) atoms. The number of carbonyl (C=O) groups is 2. The maximum atomic E-state index is 12.2. The molecule has 1 amide bonds. The van der Waals surface area contributed by atoms with Crippen LogP contribution < -0.4 is 5.32 Å². The molecular formula is C17H23NO5S. The van der Waals surface area contributed by atoms with Crippen molar-refractivity contribution in [1.29, 1.82) is 0 Å². The van der Waals surface area contributed by atoms with E-state index in [1.807, 2.05) is 6.92 Å². The second-order valence-corrected chi connectivity index (χ2v) is 8.32. The van der Waals surface area contributed by atoms with Gasteiger partial charge in [-0.25, -0.2) is 8.42 Å². The fraction of sp³-hybridized carbons (Fsp3) is 0.529. The molecule has 0 aromatic heterocycles. The highest BCUT2D eigenvalue weighted by molar-refractivity contribution is 7.91. The summed E-state index contributed by atoms with van der Waals surface area (Å²) >= 11 is 0. The fourth-order valence-electron chi connectivity index (χ4n) is 2.87. The zero-order valence-electron chi connectivity index (χ0n) is 13.7. The normalized spacial score (nSPS) is 20.7. The largest absolute Gasteiger partial charge is 0.481 e. The zero-order chi connectivity index (χ0) is 17.7. The highest BCUT2D eigenvalue weighted by Gasteiger charge is 2.30. The molecule has 1 aromatic carbocycles. The van der Waals surface area contributed by atoms with Gasteiger partial charge >= 0.3 is 5.97 Å². The van der Waals surface area contributed by atoms with Gasteiger partial charge in [0.1, 0.15) is 0 Å². The number of hydrogen-bond donors (Lipinski definition) is 2. The van der Waals surface area contributed by atoms with Crippen molar-refractivity contribution >= 4 is 21.7 Å². The lowest BCUT2D eigenvalue weighted by Crippen LogP contribution is -2.33. The van der Waals surface area contributed by atoms with Crippen molar-refractivity contribution in [3.8, 4) is 0 Å². The molecule has 2 atom stereocenters. The van der Waals surface area contributed by atoms with Gasteiger partial charge in [-0.3, -0.25) is 9.59 Å². The maximum absolute atomic E-state index is 12.2. The van der Waals surface area contributed by atoms with Crippen LogP contribution in [0, 0.1) is 5.92 Å². The lowest BCUT2D eigenvalue weighted by atomic mass is 10.1. The molecule has 0 heterocycles. The van der Waals surface area contributed by atoms with E-state index in [4.69, 9.17) is 5.11 Å². The van der Waals surface area contributed by atoms with Crippen molar-refractivity contribution < 1.29 is 23.1 Å². The van der Waals surface area contributed by atoms with E-state index in [0.717, 1.165) is 6.42 Å². The number of rotatable bonds is 7. The smallest absolute Gasteiger partial charge is 0.306 e. The number of hydrogen-bond acceptors (Lipinski definition) is 4. The van der Waals surface area contributed by atoms with E-state index in [9.17, 15) is 18.0 Å². The van der Waals surface area contributed by atoms with Crippen LogP contribution in [0.2, 0.25) is 0 Å². The van der Waals surface area contributed by atoms with Crippen LogP contribution in [0.3, 0.4) is 0 Å². The second-order valence-electron chi connectivity index (χ2n) is 6.22. The summed E-state index contributed by atoms with van der Waals surface area (Å²) < 4.78 is 24.2. The first-order chi connectivity index (χ1) is 11.3. The number of carboxylic acids is 1. The summed E-state index contributed by atoms with van der Waals surface area (Å²) in [5.74, 6) is -1.42. The molecule has 1 aromatic rings. The van der Waals surface area contributed by atoms with Gasteiger partial charge in [0.2, 0.25) is 0 Å². The van der Waals surface area contributed by atoms with Gasteiger partial charge < -0.3 is 10.4 Å². The molecule has 2 rings (SSSR count). The summed E-state index contributed by atoms with van der Waals surface area (Å²) in [5, 5.41) is 11.8. The van der Waals surface area contributed by atoms with Gasteiger partial charge in [-0.15, -0.1) is 0 Å². The van der Waals surface area contributed by atoms with E-state index in [-0.39, 0.29) is 22.6 Å². The molecule has 0 saturated heterocycles. The average Bonchev–Trinajstić information content (AvgIpc) is 3.02. The summed E-state index contributed by atoms with van der Waals surface area (Å²) in [6.45, 7) is 1.93. The van der Waals surface area contributed by atoms with Crippen LogP contribution in [0.15, 0.2) is 29.2 Å². The Bertz CT molecular complexity index is 696. The number of nitrogens with one attached hydrogen (secondary N) is 1. The predicted molar refractivity (Wildman–Crippen MR) is 89.6 cm³/mol. The van der Waals surface area contributed by atoms with Crippen molar-refractivity contribution in [3.63, 3.8) is 0 Å². The van der Waals surface area contributed by atoms with Crippen LogP contribution in [0.5, 0.6) is 0 Å². The molecule has 2 N–H and O–H groups in total. The highest BCUT2D eigenvalue weighted by atomic mass is 32.2. The molecule has 1 saturated carbocycles. The maximum Gasteiger partial charge on any atom is 0.306 e. The first-order valence-electron chi connectivity index (χ1n) is 8.20. The number of amides is 1. The summed E-state index contributed by atoms with van der Waals surface area (Å²) in [4.78, 5) is 23.4. The number of sulfone groups is 1. The van der Waals surface area contributed by atoms with Crippen LogP contribution in [-0.2, 0) is 14.6 Å². The van der Waals surface area contributed by atoms with Gasteiger partial charge in [-0.1, -0.05) is 13.3 Å². The minimum atomic E-state index is -3.30. The first-order valence-corrected chi connectivity index (χ1v) is 9.85. The van der Waals surface area contributed by atoms with Crippen LogP contribution >= 0.6 is 0 Å². The lowest BCUT2D eigenvalue weighted by molar-refractivity contribution is -0.141. The van der Waals surface area contributed by atoms with Crippen LogP contribution in [0.25, 0.3) is 0 Å². The van der Waals surface area contributed by atoms with Gasteiger partial charge in [-0.05, 0) is 49.9 Å². The third-order valence-electron chi connectivity index (χ3n) is 4.36. The fourth-order valence-corrected chi connectivity index (χ4v) is 4.33. The van der Waals surface area contributed by atoms with Crippen LogP contribution in [0.4, 0.5) is 0 Å². The Hall–Kier alpha value is -1.89. The van der Waals surface area contributed by atoms with Gasteiger partial charge in [-0.2, -0.15) is 0 Å². The first kappa shape index (κ1) is 18.4. The van der Waals surface area contributed by atoms with Crippen molar-refractivity contribution in [3.05, 3.63) is 29.8 Å². The molecule has 1 aliphatic carbocycles. The van der Waals surface area contributed by atoms with Gasteiger partial charge in [0.25, 0.3) is 5.91 Å².